The van der Waals surface area contributed by atoms with Gasteiger partial charge in [-0.15, -0.1) is 0 Å². The third-order valence-electron chi connectivity index (χ3n) is 2.00. The summed E-state index contributed by atoms with van der Waals surface area (Å²) < 4.78 is 1.35. The van der Waals surface area contributed by atoms with Crippen molar-refractivity contribution in [1.82, 2.24) is 9.78 Å². The molecule has 0 aliphatic carbocycles. The van der Waals surface area contributed by atoms with E-state index in [4.69, 9.17) is 5.11 Å². The molecule has 0 saturated heterocycles. The van der Waals surface area contributed by atoms with Crippen LogP contribution >= 0.6 is 0 Å². The van der Waals surface area contributed by atoms with Crippen molar-refractivity contribution >= 4 is 11.7 Å². The summed E-state index contributed by atoms with van der Waals surface area (Å²) in [6, 6.07) is 0. The van der Waals surface area contributed by atoms with Crippen LogP contribution in [0.1, 0.15) is 18.3 Å². The predicted molar refractivity (Wildman–Crippen MR) is 50.6 cm³/mol. The summed E-state index contributed by atoms with van der Waals surface area (Å²) in [4.78, 5) is 20.7. The molecule has 0 aromatic carbocycles. The number of aliphatic carboxylic acids is 1. The summed E-state index contributed by atoms with van der Waals surface area (Å²) in [6.45, 7) is 3.66. The van der Waals surface area contributed by atoms with Crippen molar-refractivity contribution in [1.29, 1.82) is 0 Å². The molecule has 0 saturated carbocycles. The van der Waals surface area contributed by atoms with Crippen molar-refractivity contribution in [2.75, 3.05) is 0 Å². The standard InChI is InChI=1S/C8H11N3O4/c1-3-10-6(4-7(12)13)8(11(14)15)5(2)9-10/h3-4H2,1-2H3,(H,12,13). The van der Waals surface area contributed by atoms with Crippen LogP contribution in [-0.2, 0) is 17.8 Å². The number of rotatable bonds is 4. The van der Waals surface area contributed by atoms with Crippen LogP contribution in [0.4, 0.5) is 5.69 Å². The smallest absolute Gasteiger partial charge is 0.313 e. The van der Waals surface area contributed by atoms with Gasteiger partial charge >= 0.3 is 11.7 Å². The second kappa shape index (κ2) is 4.07. The molecule has 1 aromatic rings. The topological polar surface area (TPSA) is 98.3 Å². The Balaban J connectivity index is 3.28. The monoisotopic (exact) mass is 213 g/mol. The lowest BCUT2D eigenvalue weighted by Gasteiger charge is -2.00. The molecule has 7 nitrogen and oxygen atoms in total. The van der Waals surface area contributed by atoms with Crippen LogP contribution in [0.2, 0.25) is 0 Å². The fourth-order valence-electron chi connectivity index (χ4n) is 1.44. The molecule has 0 atom stereocenters. The van der Waals surface area contributed by atoms with E-state index in [1.54, 1.807) is 6.92 Å². The van der Waals surface area contributed by atoms with Crippen LogP contribution < -0.4 is 0 Å². The number of aryl methyl sites for hydroxylation is 2. The van der Waals surface area contributed by atoms with Gasteiger partial charge < -0.3 is 5.11 Å². The number of hydrogen-bond donors (Lipinski definition) is 1. The Hall–Kier alpha value is -1.92. The molecule has 0 spiro atoms. The normalized spacial score (nSPS) is 10.3. The second-order valence-corrected chi connectivity index (χ2v) is 3.02. The third kappa shape index (κ3) is 2.12. The van der Waals surface area contributed by atoms with E-state index in [1.165, 1.54) is 11.6 Å². The van der Waals surface area contributed by atoms with E-state index in [-0.39, 0.29) is 23.5 Å². The van der Waals surface area contributed by atoms with Gasteiger partial charge in [0.1, 0.15) is 11.4 Å². The van der Waals surface area contributed by atoms with Crippen molar-refractivity contribution in [2.24, 2.45) is 0 Å². The zero-order valence-corrected chi connectivity index (χ0v) is 8.43. The van der Waals surface area contributed by atoms with Gasteiger partial charge in [-0.1, -0.05) is 0 Å². The van der Waals surface area contributed by atoms with Crippen LogP contribution in [0.5, 0.6) is 0 Å². The van der Waals surface area contributed by atoms with E-state index in [2.05, 4.69) is 5.10 Å². The van der Waals surface area contributed by atoms with Crippen molar-refractivity contribution < 1.29 is 14.8 Å². The maximum absolute atomic E-state index is 10.7. The van der Waals surface area contributed by atoms with Gasteiger partial charge in [-0.2, -0.15) is 5.10 Å². The van der Waals surface area contributed by atoms with E-state index in [9.17, 15) is 14.9 Å². The number of carboxylic acids is 1. The van der Waals surface area contributed by atoms with E-state index >= 15 is 0 Å². The molecule has 0 amide bonds. The quantitative estimate of drug-likeness (QED) is 0.587. The molecular weight excluding hydrogens is 202 g/mol. The Bertz CT molecular complexity index is 410. The van der Waals surface area contributed by atoms with Crippen molar-refractivity contribution in [3.8, 4) is 0 Å². The first-order valence-corrected chi connectivity index (χ1v) is 4.39. The molecule has 1 aromatic heterocycles. The number of carbonyl (C=O) groups is 1. The first-order chi connectivity index (χ1) is 6.97. The van der Waals surface area contributed by atoms with Gasteiger partial charge in [0.25, 0.3) is 0 Å². The largest absolute Gasteiger partial charge is 0.481 e. The van der Waals surface area contributed by atoms with Crippen LogP contribution in [0, 0.1) is 17.0 Å². The molecule has 1 rings (SSSR count). The zero-order chi connectivity index (χ0) is 11.6. The first-order valence-electron chi connectivity index (χ1n) is 4.39. The summed E-state index contributed by atoms with van der Waals surface area (Å²) in [5.41, 5.74) is 0.199. The summed E-state index contributed by atoms with van der Waals surface area (Å²) in [5, 5.41) is 23.3. The van der Waals surface area contributed by atoms with E-state index in [0.29, 0.717) is 6.54 Å². The molecule has 0 aliphatic heterocycles. The molecule has 7 heteroatoms. The van der Waals surface area contributed by atoms with Gasteiger partial charge in [-0.25, -0.2) is 0 Å². The Kier molecular flexibility index (Phi) is 3.03. The van der Waals surface area contributed by atoms with Crippen LogP contribution in [0.15, 0.2) is 0 Å². The van der Waals surface area contributed by atoms with Crippen LogP contribution in [0.25, 0.3) is 0 Å². The maximum atomic E-state index is 10.7. The van der Waals surface area contributed by atoms with Gasteiger partial charge in [0, 0.05) is 6.54 Å². The molecule has 15 heavy (non-hydrogen) atoms. The summed E-state index contributed by atoms with van der Waals surface area (Å²) >= 11 is 0. The number of carboxylic acid groups (broad SMARTS) is 1. The SMILES string of the molecule is CCn1nc(C)c([N+](=O)[O-])c1CC(=O)O. The number of aromatic nitrogens is 2. The lowest BCUT2D eigenvalue weighted by molar-refractivity contribution is -0.386. The fourth-order valence-corrected chi connectivity index (χ4v) is 1.44. The summed E-state index contributed by atoms with van der Waals surface area (Å²) in [6.07, 6.45) is -0.384. The number of hydrogen-bond acceptors (Lipinski definition) is 4. The fraction of sp³-hybridized carbons (Fsp3) is 0.500. The minimum absolute atomic E-state index is 0.146. The predicted octanol–water partition coefficient (Wildman–Crippen LogP) is 0.747. The summed E-state index contributed by atoms with van der Waals surface area (Å²) in [7, 11) is 0. The highest BCUT2D eigenvalue weighted by Crippen LogP contribution is 2.23. The lowest BCUT2D eigenvalue weighted by Crippen LogP contribution is -2.09. The van der Waals surface area contributed by atoms with E-state index in [0.717, 1.165) is 0 Å². The number of nitrogens with zero attached hydrogens (tertiary/aromatic N) is 3. The minimum Gasteiger partial charge on any atom is -0.481 e. The Morgan fingerprint density at radius 2 is 2.27 bits per heavy atom. The van der Waals surface area contributed by atoms with Gasteiger partial charge in [-0.3, -0.25) is 19.6 Å². The molecular formula is C8H11N3O4. The zero-order valence-electron chi connectivity index (χ0n) is 8.43. The average Bonchev–Trinajstić information content (AvgIpc) is 2.41. The van der Waals surface area contributed by atoms with Gasteiger partial charge in [0.15, 0.2) is 0 Å². The van der Waals surface area contributed by atoms with Gasteiger partial charge in [-0.05, 0) is 13.8 Å². The average molecular weight is 213 g/mol. The third-order valence-corrected chi connectivity index (χ3v) is 2.00. The second-order valence-electron chi connectivity index (χ2n) is 3.02. The molecule has 0 fully saturated rings. The molecule has 1 heterocycles. The highest BCUT2D eigenvalue weighted by Gasteiger charge is 2.25. The maximum Gasteiger partial charge on any atom is 0.313 e. The molecule has 0 aliphatic rings. The van der Waals surface area contributed by atoms with E-state index < -0.39 is 10.9 Å². The Labute approximate surface area is 85.5 Å². The highest BCUT2D eigenvalue weighted by atomic mass is 16.6. The van der Waals surface area contributed by atoms with Crippen molar-refractivity contribution in [3.05, 3.63) is 21.5 Å². The van der Waals surface area contributed by atoms with Gasteiger partial charge in [0.05, 0.1) is 11.3 Å². The molecule has 0 unspecified atom stereocenters. The highest BCUT2D eigenvalue weighted by molar-refractivity contribution is 5.71. The van der Waals surface area contributed by atoms with Crippen molar-refractivity contribution in [2.45, 2.75) is 26.8 Å². The van der Waals surface area contributed by atoms with Gasteiger partial charge in [0.2, 0.25) is 0 Å². The molecule has 82 valence electrons. The number of nitro groups is 1. The Morgan fingerprint density at radius 1 is 1.67 bits per heavy atom. The first kappa shape index (κ1) is 11.2. The van der Waals surface area contributed by atoms with Crippen LogP contribution in [-0.4, -0.2) is 25.8 Å². The summed E-state index contributed by atoms with van der Waals surface area (Å²) in [5.74, 6) is -1.10. The van der Waals surface area contributed by atoms with E-state index in [1.807, 2.05) is 0 Å². The van der Waals surface area contributed by atoms with Crippen molar-refractivity contribution in [3.63, 3.8) is 0 Å². The lowest BCUT2D eigenvalue weighted by atomic mass is 10.2. The molecule has 1 N–H and O–H groups in total. The minimum atomic E-state index is -1.10. The Morgan fingerprint density at radius 3 is 2.67 bits per heavy atom. The molecule has 0 bridgehead atoms. The van der Waals surface area contributed by atoms with Crippen LogP contribution in [0.3, 0.4) is 0 Å². The molecule has 0 radical (unpaired) electrons.